The summed E-state index contributed by atoms with van der Waals surface area (Å²) < 4.78 is 5.62. The number of carboxylic acid groups (broad SMARTS) is 1. The lowest BCUT2D eigenvalue weighted by Gasteiger charge is -2.34. The number of nitrogens with zero attached hydrogens (tertiary/aromatic N) is 1. The number of likely N-dealkylation sites (tertiary alicyclic amines) is 1. The number of carbonyl (C=O) groups is 3. The van der Waals surface area contributed by atoms with Gasteiger partial charge in [-0.2, -0.15) is 0 Å². The fraction of sp³-hybridized carbons (Fsp3) is 0.526. The van der Waals surface area contributed by atoms with Crippen molar-refractivity contribution in [1.82, 2.24) is 10.2 Å². The Kier molecular flexibility index (Phi) is 7.00. The van der Waals surface area contributed by atoms with Crippen molar-refractivity contribution in [3.63, 3.8) is 0 Å². The van der Waals surface area contributed by atoms with Crippen LogP contribution in [0.15, 0.2) is 24.3 Å². The number of ether oxygens (including phenoxy) is 1. The van der Waals surface area contributed by atoms with Gasteiger partial charge in [0, 0.05) is 19.0 Å². The Morgan fingerprint density at radius 2 is 2.04 bits per heavy atom. The predicted molar refractivity (Wildman–Crippen MR) is 95.8 cm³/mol. The molecule has 26 heavy (non-hydrogen) atoms. The summed E-state index contributed by atoms with van der Waals surface area (Å²) in [5.41, 5.74) is 0.710. The summed E-state index contributed by atoms with van der Waals surface area (Å²) in [4.78, 5) is 37.4. The molecule has 7 nitrogen and oxygen atoms in total. The van der Waals surface area contributed by atoms with Gasteiger partial charge in [-0.25, -0.2) is 4.79 Å². The van der Waals surface area contributed by atoms with Gasteiger partial charge in [0.05, 0.1) is 19.1 Å². The van der Waals surface area contributed by atoms with E-state index in [1.807, 2.05) is 25.1 Å². The second-order valence-electron chi connectivity index (χ2n) is 6.37. The van der Waals surface area contributed by atoms with Gasteiger partial charge >= 0.3 is 5.97 Å². The lowest BCUT2D eigenvalue weighted by Crippen LogP contribution is -2.48. The lowest BCUT2D eigenvalue weighted by atomic mass is 9.98. The first-order valence-electron chi connectivity index (χ1n) is 8.95. The molecule has 0 spiro atoms. The van der Waals surface area contributed by atoms with Gasteiger partial charge in [0.25, 0.3) is 0 Å². The summed E-state index contributed by atoms with van der Waals surface area (Å²) in [5, 5.41) is 12.2. The van der Waals surface area contributed by atoms with Crippen molar-refractivity contribution < 1.29 is 24.2 Å². The molecule has 2 atom stereocenters. The summed E-state index contributed by atoms with van der Waals surface area (Å²) >= 11 is 0. The molecule has 0 aliphatic carbocycles. The standard InChI is InChI=1S/C19H26N2O5/c1-3-26-17-10-5-4-8-14(17)15(20-13(2)22)12-18(23)21-11-7-6-9-16(21)19(24)25/h4-5,8,10,15-16H,3,6-7,9,11-12H2,1-2H3,(H,20,22)(H,24,25)/t15-,16-/m0/s1. The molecule has 0 unspecified atom stereocenters. The van der Waals surface area contributed by atoms with Crippen molar-refractivity contribution in [3.05, 3.63) is 29.8 Å². The maximum Gasteiger partial charge on any atom is 0.326 e. The Morgan fingerprint density at radius 3 is 2.69 bits per heavy atom. The molecule has 0 radical (unpaired) electrons. The lowest BCUT2D eigenvalue weighted by molar-refractivity contribution is -0.152. The molecule has 0 bridgehead atoms. The second kappa shape index (κ2) is 9.22. The van der Waals surface area contributed by atoms with Crippen molar-refractivity contribution in [2.45, 2.75) is 51.6 Å². The van der Waals surface area contributed by atoms with E-state index in [4.69, 9.17) is 4.74 Å². The van der Waals surface area contributed by atoms with Gasteiger partial charge in [-0.1, -0.05) is 18.2 Å². The molecule has 1 aromatic carbocycles. The molecule has 1 aromatic rings. The maximum absolute atomic E-state index is 12.8. The van der Waals surface area contributed by atoms with Crippen LogP contribution in [0.25, 0.3) is 0 Å². The maximum atomic E-state index is 12.8. The van der Waals surface area contributed by atoms with Crippen LogP contribution in [0.2, 0.25) is 0 Å². The van der Waals surface area contributed by atoms with E-state index in [0.717, 1.165) is 12.8 Å². The van der Waals surface area contributed by atoms with Gasteiger partial charge in [0.15, 0.2) is 0 Å². The molecule has 1 aliphatic heterocycles. The molecule has 1 heterocycles. The molecule has 0 aromatic heterocycles. The number of benzene rings is 1. The average Bonchev–Trinajstić information content (AvgIpc) is 2.61. The Labute approximate surface area is 153 Å². The molecule has 1 saturated heterocycles. The Morgan fingerprint density at radius 1 is 1.31 bits per heavy atom. The minimum absolute atomic E-state index is 0.00650. The van der Waals surface area contributed by atoms with Gasteiger partial charge in [0.2, 0.25) is 11.8 Å². The fourth-order valence-corrected chi connectivity index (χ4v) is 3.32. The van der Waals surface area contributed by atoms with Crippen molar-refractivity contribution in [2.75, 3.05) is 13.2 Å². The van der Waals surface area contributed by atoms with E-state index in [1.54, 1.807) is 6.07 Å². The number of nitrogens with one attached hydrogen (secondary N) is 1. The molecule has 1 fully saturated rings. The molecule has 0 saturated carbocycles. The van der Waals surface area contributed by atoms with Gasteiger partial charge in [-0.15, -0.1) is 0 Å². The quantitative estimate of drug-likeness (QED) is 0.774. The SMILES string of the molecule is CCOc1ccccc1[C@H](CC(=O)N1CCCC[C@H]1C(=O)O)NC(C)=O. The van der Waals surface area contributed by atoms with E-state index in [1.165, 1.54) is 11.8 Å². The smallest absolute Gasteiger partial charge is 0.326 e. The summed E-state index contributed by atoms with van der Waals surface area (Å²) in [7, 11) is 0. The molecular formula is C19H26N2O5. The summed E-state index contributed by atoms with van der Waals surface area (Å²) in [6.45, 7) is 4.14. The largest absolute Gasteiger partial charge is 0.494 e. The average molecular weight is 362 g/mol. The molecule has 2 N–H and O–H groups in total. The number of carboxylic acids is 1. The first kappa shape index (κ1) is 19.8. The van der Waals surface area contributed by atoms with E-state index in [0.29, 0.717) is 30.9 Å². The number of rotatable bonds is 7. The van der Waals surface area contributed by atoms with Crippen LogP contribution >= 0.6 is 0 Å². The van der Waals surface area contributed by atoms with Crippen molar-refractivity contribution in [3.8, 4) is 5.75 Å². The molecular weight excluding hydrogens is 336 g/mol. The first-order chi connectivity index (χ1) is 12.4. The number of hydrogen-bond acceptors (Lipinski definition) is 4. The Hall–Kier alpha value is -2.57. The predicted octanol–water partition coefficient (Wildman–Crippen LogP) is 2.12. The second-order valence-corrected chi connectivity index (χ2v) is 6.37. The van der Waals surface area contributed by atoms with Crippen LogP contribution in [0.3, 0.4) is 0 Å². The summed E-state index contributed by atoms with van der Waals surface area (Å²) in [6, 6.07) is 5.88. The van der Waals surface area contributed by atoms with Gasteiger partial charge in [-0.05, 0) is 32.3 Å². The Balaban J connectivity index is 2.23. The van der Waals surface area contributed by atoms with Crippen LogP contribution in [0.1, 0.15) is 51.1 Å². The van der Waals surface area contributed by atoms with E-state index < -0.39 is 18.1 Å². The highest BCUT2D eigenvalue weighted by molar-refractivity contribution is 5.85. The van der Waals surface area contributed by atoms with Crippen LogP contribution in [0, 0.1) is 0 Å². The van der Waals surface area contributed by atoms with E-state index in [-0.39, 0.29) is 18.2 Å². The monoisotopic (exact) mass is 362 g/mol. The highest BCUT2D eigenvalue weighted by atomic mass is 16.5. The third-order valence-electron chi connectivity index (χ3n) is 4.46. The summed E-state index contributed by atoms with van der Waals surface area (Å²) in [6.07, 6.45) is 2.04. The molecule has 2 amide bonds. The molecule has 142 valence electrons. The molecule has 1 aliphatic rings. The minimum Gasteiger partial charge on any atom is -0.494 e. The van der Waals surface area contributed by atoms with Gasteiger partial charge in [-0.3, -0.25) is 9.59 Å². The third kappa shape index (κ3) is 4.97. The topological polar surface area (TPSA) is 95.9 Å². The number of piperidine rings is 1. The third-order valence-corrected chi connectivity index (χ3v) is 4.46. The number of carbonyl (C=O) groups excluding carboxylic acids is 2. The first-order valence-corrected chi connectivity index (χ1v) is 8.95. The van der Waals surface area contributed by atoms with Gasteiger partial charge in [0.1, 0.15) is 11.8 Å². The fourth-order valence-electron chi connectivity index (χ4n) is 3.32. The zero-order chi connectivity index (χ0) is 19.1. The zero-order valence-corrected chi connectivity index (χ0v) is 15.2. The molecule has 7 heteroatoms. The van der Waals surface area contributed by atoms with E-state index in [9.17, 15) is 19.5 Å². The number of amides is 2. The Bertz CT molecular complexity index is 661. The number of para-hydroxylation sites is 1. The van der Waals surface area contributed by atoms with Crippen LogP contribution in [-0.4, -0.2) is 47.0 Å². The highest BCUT2D eigenvalue weighted by Gasteiger charge is 2.33. The minimum atomic E-state index is -0.983. The van der Waals surface area contributed by atoms with Crippen molar-refractivity contribution in [1.29, 1.82) is 0 Å². The van der Waals surface area contributed by atoms with Crippen LogP contribution in [0.5, 0.6) is 5.75 Å². The van der Waals surface area contributed by atoms with E-state index >= 15 is 0 Å². The number of aliphatic carboxylic acids is 1. The molecule has 2 rings (SSSR count). The zero-order valence-electron chi connectivity index (χ0n) is 15.2. The van der Waals surface area contributed by atoms with E-state index in [2.05, 4.69) is 5.32 Å². The summed E-state index contributed by atoms with van der Waals surface area (Å²) in [5.74, 6) is -0.913. The normalized spacial score (nSPS) is 18.1. The van der Waals surface area contributed by atoms with Crippen molar-refractivity contribution >= 4 is 17.8 Å². The van der Waals surface area contributed by atoms with Gasteiger partial charge < -0.3 is 20.1 Å². The van der Waals surface area contributed by atoms with Crippen LogP contribution < -0.4 is 10.1 Å². The van der Waals surface area contributed by atoms with Crippen LogP contribution in [0.4, 0.5) is 0 Å². The highest BCUT2D eigenvalue weighted by Crippen LogP contribution is 2.29. The number of hydrogen-bond donors (Lipinski definition) is 2. The van der Waals surface area contributed by atoms with Crippen molar-refractivity contribution in [2.24, 2.45) is 0 Å². The van der Waals surface area contributed by atoms with Crippen LogP contribution in [-0.2, 0) is 14.4 Å².